The molecule has 0 amide bonds. The molecule has 0 radical (unpaired) electrons. The highest BCUT2D eigenvalue weighted by atomic mass is 35.5. The summed E-state index contributed by atoms with van der Waals surface area (Å²) in [6.45, 7) is 2.04. The lowest BCUT2D eigenvalue weighted by Gasteiger charge is -2.40. The summed E-state index contributed by atoms with van der Waals surface area (Å²) in [4.78, 5) is 13.8. The van der Waals surface area contributed by atoms with E-state index in [1.807, 2.05) is 4.90 Å². The Labute approximate surface area is 146 Å². The van der Waals surface area contributed by atoms with Gasteiger partial charge in [0.15, 0.2) is 11.6 Å². The van der Waals surface area contributed by atoms with Crippen molar-refractivity contribution in [2.24, 2.45) is 5.41 Å². The van der Waals surface area contributed by atoms with Crippen molar-refractivity contribution < 1.29 is 23.8 Å². The van der Waals surface area contributed by atoms with Crippen molar-refractivity contribution in [3.05, 3.63) is 28.5 Å². The normalized spacial score (nSPS) is 21.7. The number of hydrogen-bond donors (Lipinski definition) is 1. The van der Waals surface area contributed by atoms with Gasteiger partial charge in [-0.3, -0.25) is 9.69 Å². The number of piperidine rings is 1. The fraction of sp³-hybridized carbons (Fsp3) is 0.588. The van der Waals surface area contributed by atoms with Gasteiger partial charge in [0.05, 0.1) is 17.5 Å². The van der Waals surface area contributed by atoms with Gasteiger partial charge in [0.1, 0.15) is 0 Å². The van der Waals surface area contributed by atoms with E-state index < -0.39 is 17.2 Å². The molecule has 0 aliphatic carbocycles. The fourth-order valence-electron chi connectivity index (χ4n) is 3.30. The summed E-state index contributed by atoms with van der Waals surface area (Å²) in [5.41, 5.74) is -0.116. The smallest absolute Gasteiger partial charge is 0.311 e. The summed E-state index contributed by atoms with van der Waals surface area (Å²) >= 11 is 6.03. The number of carboxylic acids is 1. The Morgan fingerprint density at radius 2 is 2.21 bits per heavy atom. The van der Waals surface area contributed by atoms with Crippen molar-refractivity contribution in [2.75, 3.05) is 33.9 Å². The molecule has 7 heteroatoms. The Morgan fingerprint density at radius 3 is 2.79 bits per heavy atom. The molecule has 1 N–H and O–H groups in total. The van der Waals surface area contributed by atoms with Gasteiger partial charge in [-0.15, -0.1) is 0 Å². The second kappa shape index (κ2) is 8.14. The Bertz CT molecular complexity index is 575. The zero-order chi connectivity index (χ0) is 17.7. The molecule has 1 aliphatic heterocycles. The Hall–Kier alpha value is -1.37. The second-order valence-electron chi connectivity index (χ2n) is 6.24. The van der Waals surface area contributed by atoms with Crippen molar-refractivity contribution in [1.82, 2.24) is 4.90 Å². The second-order valence-corrected chi connectivity index (χ2v) is 6.64. The lowest BCUT2D eigenvalue weighted by atomic mass is 9.77. The van der Waals surface area contributed by atoms with Crippen LogP contribution < -0.4 is 4.74 Å². The van der Waals surface area contributed by atoms with Gasteiger partial charge in [0.2, 0.25) is 0 Å². The van der Waals surface area contributed by atoms with Crippen LogP contribution in [0.1, 0.15) is 24.8 Å². The van der Waals surface area contributed by atoms with Crippen LogP contribution in [0.3, 0.4) is 0 Å². The number of ether oxygens (including phenoxy) is 2. The molecule has 2 rings (SSSR count). The van der Waals surface area contributed by atoms with Gasteiger partial charge in [0, 0.05) is 26.8 Å². The number of hydrogen-bond acceptors (Lipinski definition) is 4. The summed E-state index contributed by atoms with van der Waals surface area (Å²) in [6, 6.07) is 3.05. The van der Waals surface area contributed by atoms with Gasteiger partial charge < -0.3 is 14.6 Å². The zero-order valence-electron chi connectivity index (χ0n) is 14.0. The van der Waals surface area contributed by atoms with Crippen LogP contribution in [0.5, 0.6) is 5.75 Å². The highest BCUT2D eigenvalue weighted by Gasteiger charge is 2.42. The number of benzene rings is 1. The molecular weight excluding hydrogens is 337 g/mol. The quantitative estimate of drug-likeness (QED) is 0.810. The minimum absolute atomic E-state index is 0.0269. The largest absolute Gasteiger partial charge is 0.492 e. The van der Waals surface area contributed by atoms with Crippen LogP contribution in [0.25, 0.3) is 0 Å². The summed E-state index contributed by atoms with van der Waals surface area (Å²) < 4.78 is 24.0. The van der Waals surface area contributed by atoms with Crippen molar-refractivity contribution in [3.8, 4) is 5.75 Å². The molecule has 1 fully saturated rings. The topological polar surface area (TPSA) is 59.0 Å². The molecule has 1 atom stereocenters. The number of halogens is 2. The van der Waals surface area contributed by atoms with E-state index in [2.05, 4.69) is 0 Å². The van der Waals surface area contributed by atoms with Gasteiger partial charge >= 0.3 is 5.97 Å². The highest BCUT2D eigenvalue weighted by Crippen LogP contribution is 2.35. The highest BCUT2D eigenvalue weighted by molar-refractivity contribution is 6.32. The average molecular weight is 360 g/mol. The van der Waals surface area contributed by atoms with E-state index in [1.54, 1.807) is 13.2 Å². The van der Waals surface area contributed by atoms with Crippen molar-refractivity contribution >= 4 is 17.6 Å². The standard InChI is InChI=1S/C17H23ClFNO4/c1-23-7-5-17(16(21)22)4-3-6-20(11-17)10-12-8-13(18)15(24-2)14(19)9-12/h8-9H,3-7,10-11H2,1-2H3,(H,21,22)/t17-/m0/s1. The van der Waals surface area contributed by atoms with Crippen LogP contribution >= 0.6 is 11.6 Å². The van der Waals surface area contributed by atoms with Crippen molar-refractivity contribution in [3.63, 3.8) is 0 Å². The molecule has 1 aromatic carbocycles. The molecule has 0 saturated carbocycles. The third kappa shape index (κ3) is 4.18. The van der Waals surface area contributed by atoms with E-state index in [9.17, 15) is 14.3 Å². The number of likely N-dealkylation sites (tertiary alicyclic amines) is 1. The molecule has 1 saturated heterocycles. The number of nitrogens with zero attached hydrogens (tertiary/aromatic N) is 1. The molecule has 0 unspecified atom stereocenters. The van der Waals surface area contributed by atoms with E-state index in [0.717, 1.165) is 13.0 Å². The van der Waals surface area contributed by atoms with Crippen LogP contribution in [-0.4, -0.2) is 49.9 Å². The maximum Gasteiger partial charge on any atom is 0.311 e. The van der Waals surface area contributed by atoms with Crippen LogP contribution in [0.4, 0.5) is 4.39 Å². The Kier molecular flexibility index (Phi) is 6.43. The van der Waals surface area contributed by atoms with Gasteiger partial charge in [-0.1, -0.05) is 11.6 Å². The molecule has 1 aliphatic rings. The van der Waals surface area contributed by atoms with Gasteiger partial charge in [0.25, 0.3) is 0 Å². The summed E-state index contributed by atoms with van der Waals surface area (Å²) in [5.74, 6) is -1.29. The zero-order valence-corrected chi connectivity index (χ0v) is 14.7. The summed E-state index contributed by atoms with van der Waals surface area (Å²) in [5, 5.41) is 9.89. The third-order valence-electron chi connectivity index (χ3n) is 4.56. The molecule has 1 heterocycles. The number of methoxy groups -OCH3 is 2. The molecule has 134 valence electrons. The number of rotatable bonds is 7. The van der Waals surface area contributed by atoms with E-state index in [-0.39, 0.29) is 10.8 Å². The Balaban J connectivity index is 2.14. The molecule has 0 bridgehead atoms. The molecular formula is C17H23ClFNO4. The molecule has 0 spiro atoms. The first-order chi connectivity index (χ1) is 11.4. The first kappa shape index (κ1) is 19.0. The number of aliphatic carboxylic acids is 1. The van der Waals surface area contributed by atoms with Gasteiger partial charge in [-0.25, -0.2) is 4.39 Å². The molecule has 24 heavy (non-hydrogen) atoms. The van der Waals surface area contributed by atoms with E-state index in [1.165, 1.54) is 13.2 Å². The number of carboxylic acid groups (broad SMARTS) is 1. The van der Waals surface area contributed by atoms with Crippen molar-refractivity contribution in [2.45, 2.75) is 25.8 Å². The average Bonchev–Trinajstić information content (AvgIpc) is 2.53. The van der Waals surface area contributed by atoms with E-state index in [0.29, 0.717) is 38.1 Å². The van der Waals surface area contributed by atoms with E-state index in [4.69, 9.17) is 21.1 Å². The first-order valence-corrected chi connectivity index (χ1v) is 8.26. The van der Waals surface area contributed by atoms with Gasteiger partial charge in [-0.05, 0) is 43.5 Å². The monoisotopic (exact) mass is 359 g/mol. The maximum atomic E-state index is 14.0. The van der Waals surface area contributed by atoms with Crippen molar-refractivity contribution in [1.29, 1.82) is 0 Å². The lowest BCUT2D eigenvalue weighted by Crippen LogP contribution is -2.48. The SMILES string of the molecule is COCC[C@@]1(C(=O)O)CCCN(Cc2cc(F)c(OC)c(Cl)c2)C1. The van der Waals surface area contributed by atoms with Crippen LogP contribution in [0, 0.1) is 11.2 Å². The minimum atomic E-state index is -0.816. The van der Waals surface area contributed by atoms with Crippen LogP contribution in [0.15, 0.2) is 12.1 Å². The third-order valence-corrected chi connectivity index (χ3v) is 4.84. The maximum absolute atomic E-state index is 14.0. The summed E-state index contributed by atoms with van der Waals surface area (Å²) in [6.07, 6.45) is 1.87. The number of carbonyl (C=O) groups is 1. The lowest BCUT2D eigenvalue weighted by molar-refractivity contribution is -0.154. The molecule has 0 aromatic heterocycles. The molecule has 1 aromatic rings. The minimum Gasteiger partial charge on any atom is -0.492 e. The predicted octanol–water partition coefficient (Wildman–Crippen LogP) is 3.19. The predicted molar refractivity (Wildman–Crippen MR) is 89.0 cm³/mol. The summed E-state index contributed by atoms with van der Waals surface area (Å²) in [7, 11) is 2.93. The molecule has 5 nitrogen and oxygen atoms in total. The Morgan fingerprint density at radius 1 is 1.46 bits per heavy atom. The first-order valence-electron chi connectivity index (χ1n) is 7.88. The van der Waals surface area contributed by atoms with Crippen LogP contribution in [0.2, 0.25) is 5.02 Å². The van der Waals surface area contributed by atoms with Crippen LogP contribution in [-0.2, 0) is 16.1 Å². The fourth-order valence-corrected chi connectivity index (χ4v) is 3.61. The van der Waals surface area contributed by atoms with Gasteiger partial charge in [-0.2, -0.15) is 0 Å². The van der Waals surface area contributed by atoms with E-state index >= 15 is 0 Å².